The number of rotatable bonds is 7. The first-order valence-electron chi connectivity index (χ1n) is 9.23. The number of aryl methyl sites for hydroxylation is 2. The van der Waals surface area contributed by atoms with Gasteiger partial charge in [0.2, 0.25) is 10.0 Å². The Labute approximate surface area is 172 Å². The molecule has 0 aliphatic heterocycles. The zero-order valence-corrected chi connectivity index (χ0v) is 17.1. The summed E-state index contributed by atoms with van der Waals surface area (Å²) in [6.07, 6.45) is 3.36. The summed E-state index contributed by atoms with van der Waals surface area (Å²) < 4.78 is 25.3. The lowest BCUT2D eigenvalue weighted by molar-refractivity contribution is 0.0696. The van der Waals surface area contributed by atoms with Gasteiger partial charge in [-0.25, -0.2) is 13.2 Å². The monoisotopic (exact) mass is 411 g/mol. The van der Waals surface area contributed by atoms with Crippen molar-refractivity contribution in [3.8, 4) is 0 Å². The zero-order chi connectivity index (χ0) is 21.1. The first-order chi connectivity index (χ1) is 13.8. The van der Waals surface area contributed by atoms with Gasteiger partial charge in [0, 0.05) is 0 Å². The van der Waals surface area contributed by atoms with Gasteiger partial charge in [-0.2, -0.15) is 0 Å². The van der Waals surface area contributed by atoms with Crippen molar-refractivity contribution < 1.29 is 18.3 Å². The van der Waals surface area contributed by atoms with Crippen molar-refractivity contribution in [2.24, 2.45) is 0 Å². The number of nitrogens with one attached hydrogen (secondary N) is 1. The standard InChI is InChI=1S/C17H19NO4S.C6H6/c1-23(21,22)18-16-11-3-2-8-14(16)9-4-6-13-7-5-10-15(12-13)17(19)20;1-2-4-6-5-3-1/h2-3,5,7-8,10-12,18H,4,6,9H2,1H3,(H,19,20);1-6H. The highest BCUT2D eigenvalue weighted by atomic mass is 32.2. The third-order valence-corrected chi connectivity index (χ3v) is 4.66. The summed E-state index contributed by atoms with van der Waals surface area (Å²) in [7, 11) is -3.31. The van der Waals surface area contributed by atoms with Gasteiger partial charge in [-0.05, 0) is 48.6 Å². The Bertz CT molecular complexity index is 991. The fourth-order valence-corrected chi connectivity index (χ4v) is 3.36. The van der Waals surface area contributed by atoms with Gasteiger partial charge in [0.15, 0.2) is 0 Å². The van der Waals surface area contributed by atoms with Crippen LogP contribution in [0.5, 0.6) is 0 Å². The molecule has 0 unspecified atom stereocenters. The minimum atomic E-state index is -3.31. The summed E-state index contributed by atoms with van der Waals surface area (Å²) in [6, 6.07) is 26.1. The lowest BCUT2D eigenvalue weighted by Gasteiger charge is -2.10. The highest BCUT2D eigenvalue weighted by Gasteiger charge is 2.07. The Morgan fingerprint density at radius 1 is 0.862 bits per heavy atom. The number of hydrogen-bond acceptors (Lipinski definition) is 3. The molecule has 0 aromatic heterocycles. The maximum Gasteiger partial charge on any atom is 0.335 e. The second-order valence-corrected chi connectivity index (χ2v) is 8.29. The van der Waals surface area contributed by atoms with Crippen molar-refractivity contribution in [2.45, 2.75) is 19.3 Å². The molecule has 29 heavy (non-hydrogen) atoms. The third-order valence-electron chi connectivity index (χ3n) is 4.06. The Kier molecular flexibility index (Phi) is 8.43. The molecule has 0 amide bonds. The molecule has 0 saturated heterocycles. The van der Waals surface area contributed by atoms with Crippen molar-refractivity contribution in [1.82, 2.24) is 0 Å². The van der Waals surface area contributed by atoms with E-state index in [2.05, 4.69) is 4.72 Å². The molecule has 3 aromatic rings. The largest absolute Gasteiger partial charge is 0.478 e. The molecule has 2 N–H and O–H groups in total. The van der Waals surface area contributed by atoms with Crippen LogP contribution in [-0.4, -0.2) is 25.7 Å². The molecule has 3 aromatic carbocycles. The Balaban J connectivity index is 0.000000426. The number of para-hydroxylation sites is 1. The number of aromatic carboxylic acids is 1. The van der Waals surface area contributed by atoms with Crippen LogP contribution in [0.1, 0.15) is 27.9 Å². The molecule has 0 bridgehead atoms. The van der Waals surface area contributed by atoms with Crippen molar-refractivity contribution in [3.05, 3.63) is 102 Å². The molecule has 0 spiro atoms. The van der Waals surface area contributed by atoms with E-state index in [0.29, 0.717) is 12.1 Å². The fraction of sp³-hybridized carbons (Fsp3) is 0.174. The Hall–Kier alpha value is -3.12. The topological polar surface area (TPSA) is 83.5 Å². The normalized spacial score (nSPS) is 10.5. The maximum absolute atomic E-state index is 11.4. The van der Waals surface area contributed by atoms with Gasteiger partial charge in [-0.15, -0.1) is 0 Å². The molecule has 0 atom stereocenters. The smallest absolute Gasteiger partial charge is 0.335 e. The summed E-state index contributed by atoms with van der Waals surface area (Å²) in [6.45, 7) is 0. The second kappa shape index (κ2) is 11.0. The number of carbonyl (C=O) groups is 1. The summed E-state index contributed by atoms with van der Waals surface area (Å²) in [4.78, 5) is 11.0. The summed E-state index contributed by atoms with van der Waals surface area (Å²) in [5, 5.41) is 8.99. The number of benzene rings is 3. The van der Waals surface area contributed by atoms with E-state index >= 15 is 0 Å². The average Bonchev–Trinajstić information content (AvgIpc) is 2.70. The van der Waals surface area contributed by atoms with Gasteiger partial charge >= 0.3 is 5.97 Å². The highest BCUT2D eigenvalue weighted by molar-refractivity contribution is 7.92. The van der Waals surface area contributed by atoms with Crippen molar-refractivity contribution in [3.63, 3.8) is 0 Å². The minimum absolute atomic E-state index is 0.279. The molecule has 0 heterocycles. The highest BCUT2D eigenvalue weighted by Crippen LogP contribution is 2.19. The number of carboxylic acid groups (broad SMARTS) is 1. The van der Waals surface area contributed by atoms with Crippen LogP contribution in [0.2, 0.25) is 0 Å². The lowest BCUT2D eigenvalue weighted by atomic mass is 10.0. The SMILES string of the molecule is CS(=O)(=O)Nc1ccccc1CCCc1cccc(C(=O)O)c1.c1ccccc1. The van der Waals surface area contributed by atoms with E-state index in [1.54, 1.807) is 30.3 Å². The van der Waals surface area contributed by atoms with Gasteiger partial charge < -0.3 is 5.11 Å². The number of sulfonamides is 1. The molecule has 0 radical (unpaired) electrons. The molecule has 152 valence electrons. The predicted octanol–water partition coefficient (Wildman–Crippen LogP) is 4.62. The van der Waals surface area contributed by atoms with E-state index in [0.717, 1.165) is 30.2 Å². The van der Waals surface area contributed by atoms with Crippen LogP contribution in [0.15, 0.2) is 84.9 Å². The summed E-state index contributed by atoms with van der Waals surface area (Å²) in [5.74, 6) is -0.936. The first kappa shape index (κ1) is 22.2. The van der Waals surface area contributed by atoms with Gasteiger partial charge in [0.1, 0.15) is 0 Å². The van der Waals surface area contributed by atoms with E-state index in [9.17, 15) is 13.2 Å². The van der Waals surface area contributed by atoms with Crippen molar-refractivity contribution in [1.29, 1.82) is 0 Å². The van der Waals surface area contributed by atoms with Crippen LogP contribution >= 0.6 is 0 Å². The van der Waals surface area contributed by atoms with Gasteiger partial charge in [-0.3, -0.25) is 4.72 Å². The van der Waals surface area contributed by atoms with Crippen molar-refractivity contribution >= 4 is 21.7 Å². The van der Waals surface area contributed by atoms with E-state index < -0.39 is 16.0 Å². The quantitative estimate of drug-likeness (QED) is 0.594. The lowest BCUT2D eigenvalue weighted by Crippen LogP contribution is -2.11. The van der Waals surface area contributed by atoms with Crippen LogP contribution < -0.4 is 4.72 Å². The molecule has 0 aliphatic rings. The van der Waals surface area contributed by atoms with E-state index in [-0.39, 0.29) is 5.56 Å². The summed E-state index contributed by atoms with van der Waals surface area (Å²) in [5.41, 5.74) is 2.75. The van der Waals surface area contributed by atoms with Crippen LogP contribution in [0.4, 0.5) is 5.69 Å². The Morgan fingerprint density at radius 3 is 2.07 bits per heavy atom. The third kappa shape index (κ3) is 8.62. The maximum atomic E-state index is 11.4. The van der Waals surface area contributed by atoms with Gasteiger partial charge in [-0.1, -0.05) is 66.7 Å². The number of carboxylic acids is 1. The second-order valence-electron chi connectivity index (χ2n) is 6.55. The fourth-order valence-electron chi connectivity index (χ4n) is 2.77. The van der Waals surface area contributed by atoms with Crippen LogP contribution in [0, 0.1) is 0 Å². The molecule has 3 rings (SSSR count). The van der Waals surface area contributed by atoms with E-state index in [4.69, 9.17) is 5.11 Å². The van der Waals surface area contributed by atoms with Crippen molar-refractivity contribution in [2.75, 3.05) is 11.0 Å². The summed E-state index contributed by atoms with van der Waals surface area (Å²) >= 11 is 0. The van der Waals surface area contributed by atoms with Crippen LogP contribution in [0.3, 0.4) is 0 Å². The molecular weight excluding hydrogens is 386 g/mol. The molecule has 6 heteroatoms. The van der Waals surface area contributed by atoms with E-state index in [1.165, 1.54) is 0 Å². The molecular formula is C23H25NO4S. The number of anilines is 1. The predicted molar refractivity (Wildman–Crippen MR) is 117 cm³/mol. The van der Waals surface area contributed by atoms with E-state index in [1.807, 2.05) is 54.6 Å². The molecule has 0 saturated carbocycles. The first-order valence-corrected chi connectivity index (χ1v) is 11.1. The molecule has 0 aliphatic carbocycles. The zero-order valence-electron chi connectivity index (χ0n) is 16.3. The van der Waals surface area contributed by atoms with Gasteiger partial charge in [0.25, 0.3) is 0 Å². The molecule has 5 nitrogen and oxygen atoms in total. The number of hydrogen-bond donors (Lipinski definition) is 2. The van der Waals surface area contributed by atoms with Crippen LogP contribution in [-0.2, 0) is 22.9 Å². The minimum Gasteiger partial charge on any atom is -0.478 e. The van der Waals surface area contributed by atoms with Gasteiger partial charge in [0.05, 0.1) is 17.5 Å². The molecule has 0 fully saturated rings. The Morgan fingerprint density at radius 2 is 1.48 bits per heavy atom. The average molecular weight is 412 g/mol. The van der Waals surface area contributed by atoms with Crippen LogP contribution in [0.25, 0.3) is 0 Å².